The van der Waals surface area contributed by atoms with Gasteiger partial charge in [0.1, 0.15) is 0 Å². The highest BCUT2D eigenvalue weighted by atomic mass is 79.9. The lowest BCUT2D eigenvalue weighted by molar-refractivity contribution is -0.120. The Morgan fingerprint density at radius 3 is 2.57 bits per heavy atom. The van der Waals surface area contributed by atoms with Gasteiger partial charge in [-0.25, -0.2) is 12.7 Å². The zero-order valence-corrected chi connectivity index (χ0v) is 18.8. The van der Waals surface area contributed by atoms with Crippen LogP contribution in [0.3, 0.4) is 0 Å². The van der Waals surface area contributed by atoms with Crippen molar-refractivity contribution in [3.8, 4) is 0 Å². The van der Waals surface area contributed by atoms with Crippen LogP contribution in [0.15, 0.2) is 46.9 Å². The minimum Gasteiger partial charge on any atom is -0.326 e. The predicted molar refractivity (Wildman–Crippen MR) is 116 cm³/mol. The maximum absolute atomic E-state index is 12.9. The molecule has 2 aromatic rings. The molecule has 1 fully saturated rings. The second-order valence-corrected chi connectivity index (χ2v) is 10.4. The maximum Gasteiger partial charge on any atom is 0.228 e. The van der Waals surface area contributed by atoms with E-state index in [1.807, 2.05) is 12.1 Å². The van der Waals surface area contributed by atoms with E-state index in [4.69, 9.17) is 23.2 Å². The molecule has 1 amide bonds. The Morgan fingerprint density at radius 2 is 1.89 bits per heavy atom. The van der Waals surface area contributed by atoms with Gasteiger partial charge < -0.3 is 5.32 Å². The van der Waals surface area contributed by atoms with Gasteiger partial charge in [-0.15, -0.1) is 0 Å². The molecule has 3 rings (SSSR count). The van der Waals surface area contributed by atoms with Gasteiger partial charge in [0.25, 0.3) is 0 Å². The molecule has 150 valence electrons. The number of hydrogen-bond acceptors (Lipinski definition) is 3. The van der Waals surface area contributed by atoms with E-state index in [1.54, 1.807) is 24.3 Å². The number of carbonyl (C=O) groups is 1. The number of amides is 1. The number of nitrogens with zero attached hydrogens (tertiary/aromatic N) is 1. The summed E-state index contributed by atoms with van der Waals surface area (Å²) in [5.41, 5.74) is 1.17. The Labute approximate surface area is 183 Å². The van der Waals surface area contributed by atoms with E-state index in [0.29, 0.717) is 40.7 Å². The van der Waals surface area contributed by atoms with Gasteiger partial charge in [0, 0.05) is 33.3 Å². The molecular formula is C19H19BrCl2N2O3S. The molecule has 1 aliphatic rings. The summed E-state index contributed by atoms with van der Waals surface area (Å²) in [7, 11) is -3.60. The molecule has 1 N–H and O–H groups in total. The molecule has 0 aromatic heterocycles. The van der Waals surface area contributed by atoms with Crippen LogP contribution >= 0.6 is 39.1 Å². The van der Waals surface area contributed by atoms with Crippen LogP contribution in [0.2, 0.25) is 10.0 Å². The highest BCUT2D eigenvalue weighted by molar-refractivity contribution is 9.10. The smallest absolute Gasteiger partial charge is 0.228 e. The van der Waals surface area contributed by atoms with E-state index in [0.717, 1.165) is 4.47 Å². The van der Waals surface area contributed by atoms with E-state index < -0.39 is 15.9 Å². The quantitative estimate of drug-likeness (QED) is 0.626. The Kier molecular flexibility index (Phi) is 7.04. The Morgan fingerprint density at radius 1 is 1.18 bits per heavy atom. The maximum atomic E-state index is 12.9. The summed E-state index contributed by atoms with van der Waals surface area (Å²) in [4.78, 5) is 12.6. The summed E-state index contributed by atoms with van der Waals surface area (Å²) in [5.74, 6) is -0.788. The molecule has 0 bridgehead atoms. The largest absolute Gasteiger partial charge is 0.326 e. The van der Waals surface area contributed by atoms with Gasteiger partial charge in [-0.1, -0.05) is 45.2 Å². The number of carbonyl (C=O) groups excluding carboxylic acids is 1. The van der Waals surface area contributed by atoms with Crippen LogP contribution in [-0.2, 0) is 20.6 Å². The molecule has 1 heterocycles. The van der Waals surface area contributed by atoms with Gasteiger partial charge in [-0.3, -0.25) is 4.79 Å². The molecule has 0 aliphatic carbocycles. The van der Waals surface area contributed by atoms with Gasteiger partial charge in [0.05, 0.1) is 11.7 Å². The number of halogens is 3. The summed E-state index contributed by atoms with van der Waals surface area (Å²) in [6.45, 7) is 0.561. The standard InChI is InChI=1S/C19H19BrCl2N2O3S/c20-15-4-7-17(8-5-15)23-19(25)13-2-1-9-24(11-13)28(26,27)12-14-3-6-16(21)10-18(14)22/h3-8,10,13H,1-2,9,11-12H2,(H,23,25). The van der Waals surface area contributed by atoms with E-state index in [-0.39, 0.29) is 18.2 Å². The first-order valence-electron chi connectivity index (χ1n) is 8.73. The number of sulfonamides is 1. The highest BCUT2D eigenvalue weighted by Gasteiger charge is 2.32. The van der Waals surface area contributed by atoms with Gasteiger partial charge in [-0.2, -0.15) is 0 Å². The van der Waals surface area contributed by atoms with E-state index in [9.17, 15) is 13.2 Å². The predicted octanol–water partition coefficient (Wildman–Crippen LogP) is 4.94. The summed E-state index contributed by atoms with van der Waals surface area (Å²) in [6.07, 6.45) is 1.28. The fourth-order valence-electron chi connectivity index (χ4n) is 3.11. The average molecular weight is 506 g/mol. The molecule has 9 heteroatoms. The third kappa shape index (κ3) is 5.48. The topological polar surface area (TPSA) is 66.5 Å². The second kappa shape index (κ2) is 9.13. The average Bonchev–Trinajstić information content (AvgIpc) is 2.66. The van der Waals surface area contributed by atoms with Crippen molar-refractivity contribution in [2.75, 3.05) is 18.4 Å². The van der Waals surface area contributed by atoms with Gasteiger partial charge in [0.2, 0.25) is 15.9 Å². The number of hydrogen-bond donors (Lipinski definition) is 1. The van der Waals surface area contributed by atoms with Crippen molar-refractivity contribution >= 4 is 60.7 Å². The van der Waals surface area contributed by atoms with Gasteiger partial charge >= 0.3 is 0 Å². The minimum atomic E-state index is -3.60. The molecular weight excluding hydrogens is 487 g/mol. The van der Waals surface area contributed by atoms with E-state index in [2.05, 4.69) is 21.2 Å². The Balaban J connectivity index is 1.67. The van der Waals surface area contributed by atoms with Crippen LogP contribution in [0.4, 0.5) is 5.69 Å². The Bertz CT molecular complexity index is 968. The number of benzene rings is 2. The third-order valence-electron chi connectivity index (χ3n) is 4.61. The second-order valence-electron chi connectivity index (χ2n) is 6.69. The minimum absolute atomic E-state index is 0.163. The van der Waals surface area contributed by atoms with Crippen molar-refractivity contribution in [1.82, 2.24) is 4.31 Å². The van der Waals surface area contributed by atoms with Crippen LogP contribution < -0.4 is 5.32 Å². The first-order valence-corrected chi connectivity index (χ1v) is 11.9. The Hall–Kier alpha value is -1.12. The number of piperidine rings is 1. The normalized spacial score (nSPS) is 18.0. The monoisotopic (exact) mass is 504 g/mol. The number of anilines is 1. The molecule has 0 radical (unpaired) electrons. The third-order valence-corrected chi connectivity index (χ3v) is 7.52. The number of nitrogens with one attached hydrogen (secondary N) is 1. The first-order chi connectivity index (χ1) is 13.2. The first kappa shape index (κ1) is 21.6. The van der Waals surface area contributed by atoms with Crippen LogP contribution in [0, 0.1) is 5.92 Å². The molecule has 1 atom stereocenters. The zero-order valence-electron chi connectivity index (χ0n) is 14.9. The highest BCUT2D eigenvalue weighted by Crippen LogP contribution is 2.27. The van der Waals surface area contributed by atoms with Crippen molar-refractivity contribution in [2.45, 2.75) is 18.6 Å². The molecule has 28 heavy (non-hydrogen) atoms. The van der Waals surface area contributed by atoms with Crippen LogP contribution in [-0.4, -0.2) is 31.7 Å². The molecule has 0 saturated carbocycles. The lowest BCUT2D eigenvalue weighted by atomic mass is 9.99. The number of rotatable bonds is 5. The summed E-state index contributed by atoms with van der Waals surface area (Å²) in [5, 5.41) is 3.63. The van der Waals surface area contributed by atoms with Crippen molar-refractivity contribution in [2.24, 2.45) is 5.92 Å². The van der Waals surface area contributed by atoms with Gasteiger partial charge in [0.15, 0.2) is 0 Å². The summed E-state index contributed by atoms with van der Waals surface area (Å²) < 4.78 is 28.0. The lowest BCUT2D eigenvalue weighted by Gasteiger charge is -2.31. The van der Waals surface area contributed by atoms with Crippen molar-refractivity contribution in [1.29, 1.82) is 0 Å². The summed E-state index contributed by atoms with van der Waals surface area (Å²) in [6, 6.07) is 12.0. The fraction of sp³-hybridized carbons (Fsp3) is 0.316. The van der Waals surface area contributed by atoms with E-state index >= 15 is 0 Å². The van der Waals surface area contributed by atoms with Crippen molar-refractivity contribution in [3.05, 3.63) is 62.5 Å². The van der Waals surface area contributed by atoms with Crippen LogP contribution in [0.5, 0.6) is 0 Å². The zero-order chi connectivity index (χ0) is 20.3. The molecule has 1 saturated heterocycles. The molecule has 1 unspecified atom stereocenters. The molecule has 0 spiro atoms. The molecule has 1 aliphatic heterocycles. The van der Waals surface area contributed by atoms with Crippen molar-refractivity contribution in [3.63, 3.8) is 0 Å². The van der Waals surface area contributed by atoms with E-state index in [1.165, 1.54) is 10.4 Å². The summed E-state index contributed by atoms with van der Waals surface area (Å²) >= 11 is 15.3. The van der Waals surface area contributed by atoms with Gasteiger partial charge in [-0.05, 0) is 54.8 Å². The van der Waals surface area contributed by atoms with Crippen LogP contribution in [0.25, 0.3) is 0 Å². The van der Waals surface area contributed by atoms with Crippen molar-refractivity contribution < 1.29 is 13.2 Å². The SMILES string of the molecule is O=C(Nc1ccc(Br)cc1)C1CCCN(S(=O)(=O)Cc2ccc(Cl)cc2Cl)C1. The lowest BCUT2D eigenvalue weighted by Crippen LogP contribution is -2.44. The molecule has 2 aromatic carbocycles. The molecule has 5 nitrogen and oxygen atoms in total. The fourth-order valence-corrected chi connectivity index (χ4v) is 5.57. The van der Waals surface area contributed by atoms with Crippen LogP contribution in [0.1, 0.15) is 18.4 Å².